The Bertz CT molecular complexity index is 4390. The van der Waals surface area contributed by atoms with Crippen molar-refractivity contribution in [3.8, 4) is 22.9 Å². The second-order valence-corrected chi connectivity index (χ2v) is 17.5. The van der Waals surface area contributed by atoms with Gasteiger partial charge in [-0.15, -0.1) is 11.3 Å². The summed E-state index contributed by atoms with van der Waals surface area (Å²) < 4.78 is 8.44. The van der Waals surface area contributed by atoms with Gasteiger partial charge in [-0.2, -0.15) is 0 Å². The van der Waals surface area contributed by atoms with Crippen LogP contribution in [0, 0.1) is 0 Å². The Balaban J connectivity index is 1.09. The van der Waals surface area contributed by atoms with Gasteiger partial charge in [0.2, 0.25) is 5.95 Å². The Hall–Kier alpha value is -8.06. The van der Waals surface area contributed by atoms with Crippen molar-refractivity contribution in [2.45, 2.75) is 0 Å². The van der Waals surface area contributed by atoms with Crippen molar-refractivity contribution in [1.82, 2.24) is 23.5 Å². The van der Waals surface area contributed by atoms with Crippen LogP contribution in [0.5, 0.6) is 0 Å². The van der Waals surface area contributed by atoms with Crippen molar-refractivity contribution >= 4 is 124 Å². The molecule has 5 nitrogen and oxygen atoms in total. The Morgan fingerprint density at radius 1 is 0.371 bits per heavy atom. The van der Waals surface area contributed by atoms with E-state index in [1.165, 1.54) is 86.0 Å². The molecule has 0 bridgehead atoms. The van der Waals surface area contributed by atoms with Crippen LogP contribution in [0.25, 0.3) is 136 Å². The lowest BCUT2D eigenvalue weighted by atomic mass is 10.0. The molecule has 0 radical (unpaired) electrons. The summed E-state index contributed by atoms with van der Waals surface area (Å²) in [7, 11) is 0. The van der Waals surface area contributed by atoms with Crippen molar-refractivity contribution in [3.05, 3.63) is 188 Å². The van der Waals surface area contributed by atoms with E-state index >= 15 is 0 Å². The zero-order chi connectivity index (χ0) is 40.2. The van der Waals surface area contributed by atoms with Gasteiger partial charge in [0.05, 0.1) is 44.3 Å². The van der Waals surface area contributed by atoms with Crippen LogP contribution < -0.4 is 0 Å². The van der Waals surface area contributed by atoms with Crippen molar-refractivity contribution in [1.29, 1.82) is 0 Å². The number of hydrogen-bond acceptors (Lipinski definition) is 3. The van der Waals surface area contributed by atoms with E-state index in [0.717, 1.165) is 43.7 Å². The van der Waals surface area contributed by atoms with Gasteiger partial charge in [0, 0.05) is 75.2 Å². The first-order chi connectivity index (χ1) is 30.8. The quantitative estimate of drug-likeness (QED) is 0.178. The van der Waals surface area contributed by atoms with Gasteiger partial charge in [0.15, 0.2) is 0 Å². The summed E-state index contributed by atoms with van der Waals surface area (Å²) in [6, 6.07) is 68.4. The Kier molecular flexibility index (Phi) is 6.24. The maximum absolute atomic E-state index is 5.75. The molecule has 62 heavy (non-hydrogen) atoms. The van der Waals surface area contributed by atoms with E-state index in [1.54, 1.807) is 11.3 Å². The van der Waals surface area contributed by atoms with Crippen LogP contribution in [0.1, 0.15) is 0 Å². The molecule has 6 heteroatoms. The van der Waals surface area contributed by atoms with Gasteiger partial charge in [0.1, 0.15) is 4.83 Å². The van der Waals surface area contributed by atoms with E-state index in [0.29, 0.717) is 5.95 Å². The molecule has 0 amide bonds. The zero-order valence-corrected chi connectivity index (χ0v) is 33.9. The average Bonchev–Trinajstić information content (AvgIpc) is 4.13. The standard InChI is InChI=1S/C56H31N5S/c1-2-15-34(16-3-1)59-44-22-10-6-18-36(44)41-30-33(27-29-47(41)59)51-49-40-21-9-13-25-48(40)62-55(49)58-56(57-51)61-45-23-11-7-19-37(45)42-31-43-38-28-26-32-14-4-5-17-35(32)52(38)60-46-24-12-8-20-39(46)50(53(43)60)54(42)61/h1-31H. The van der Waals surface area contributed by atoms with Crippen LogP contribution in [0.2, 0.25) is 0 Å². The zero-order valence-electron chi connectivity index (χ0n) is 33.0. The third-order valence-electron chi connectivity index (χ3n) is 13.4. The van der Waals surface area contributed by atoms with Crippen molar-refractivity contribution in [3.63, 3.8) is 0 Å². The van der Waals surface area contributed by atoms with Gasteiger partial charge in [-0.25, -0.2) is 9.97 Å². The van der Waals surface area contributed by atoms with Crippen LogP contribution in [0.4, 0.5) is 0 Å². The number of rotatable bonds is 3. The number of para-hydroxylation sites is 4. The molecule has 0 N–H and O–H groups in total. The monoisotopic (exact) mass is 805 g/mol. The van der Waals surface area contributed by atoms with Crippen molar-refractivity contribution in [2.24, 2.45) is 0 Å². The SMILES string of the molecule is c1ccc(-n2c3ccccc3c3cc(-c4nc(-n5c6ccccc6c6cc7c8ccc9ccccc9c8n8c9ccccc9c(c65)c78)nc5sc6ccccc6c45)ccc32)cc1. The highest BCUT2D eigenvalue weighted by molar-refractivity contribution is 7.25. The number of hydrogen-bond donors (Lipinski definition) is 0. The Morgan fingerprint density at radius 2 is 1.02 bits per heavy atom. The van der Waals surface area contributed by atoms with Gasteiger partial charge >= 0.3 is 0 Å². The molecule has 0 saturated carbocycles. The van der Waals surface area contributed by atoms with E-state index in [1.807, 2.05) is 0 Å². The minimum absolute atomic E-state index is 0.671. The molecule has 0 saturated heterocycles. The lowest BCUT2D eigenvalue weighted by molar-refractivity contribution is 1.02. The molecule has 0 unspecified atom stereocenters. The second-order valence-electron chi connectivity index (χ2n) is 16.5. The lowest BCUT2D eigenvalue weighted by Crippen LogP contribution is -2.03. The van der Waals surface area contributed by atoms with Gasteiger partial charge < -0.3 is 8.97 Å². The Morgan fingerprint density at radius 3 is 1.85 bits per heavy atom. The maximum Gasteiger partial charge on any atom is 0.236 e. The van der Waals surface area contributed by atoms with Crippen LogP contribution in [-0.4, -0.2) is 23.5 Å². The average molecular weight is 806 g/mol. The fourth-order valence-electron chi connectivity index (χ4n) is 10.9. The van der Waals surface area contributed by atoms with Crippen LogP contribution in [0.3, 0.4) is 0 Å². The highest BCUT2D eigenvalue weighted by atomic mass is 32.1. The number of thiophene rings is 1. The maximum atomic E-state index is 5.75. The summed E-state index contributed by atoms with van der Waals surface area (Å²) in [5.41, 5.74) is 11.4. The predicted molar refractivity (Wildman–Crippen MR) is 261 cm³/mol. The smallest absolute Gasteiger partial charge is 0.236 e. The number of fused-ring (bicyclic) bond motifs is 18. The molecule has 0 aliphatic carbocycles. The molecule has 15 aromatic rings. The molecule has 0 spiro atoms. The first-order valence-corrected chi connectivity index (χ1v) is 21.9. The molecular formula is C56H31N5S. The topological polar surface area (TPSA) is 40.0 Å². The highest BCUT2D eigenvalue weighted by Gasteiger charge is 2.27. The van der Waals surface area contributed by atoms with E-state index in [2.05, 4.69) is 202 Å². The lowest BCUT2D eigenvalue weighted by Gasteiger charge is -2.12. The van der Waals surface area contributed by atoms with E-state index < -0.39 is 0 Å². The molecule has 9 aromatic carbocycles. The highest BCUT2D eigenvalue weighted by Crippen LogP contribution is 2.48. The van der Waals surface area contributed by atoms with Crippen LogP contribution >= 0.6 is 11.3 Å². The Labute approximate surface area is 356 Å². The first kappa shape index (κ1) is 32.8. The molecule has 286 valence electrons. The second kappa shape index (κ2) is 11.8. The molecule has 6 heterocycles. The molecule has 0 atom stereocenters. The van der Waals surface area contributed by atoms with Gasteiger partial charge in [-0.05, 0) is 60.0 Å². The fraction of sp³-hybridized carbons (Fsp3) is 0. The fourth-order valence-corrected chi connectivity index (χ4v) is 11.9. The van der Waals surface area contributed by atoms with E-state index in [9.17, 15) is 0 Å². The third kappa shape index (κ3) is 4.12. The minimum atomic E-state index is 0.671. The summed E-state index contributed by atoms with van der Waals surface area (Å²) in [4.78, 5) is 12.3. The van der Waals surface area contributed by atoms with Gasteiger partial charge in [0.25, 0.3) is 0 Å². The molecule has 15 rings (SSSR count). The normalized spacial score (nSPS) is 12.5. The van der Waals surface area contributed by atoms with E-state index in [-0.39, 0.29) is 0 Å². The summed E-state index contributed by atoms with van der Waals surface area (Å²) in [5, 5.41) is 14.5. The molecule has 0 aliphatic heterocycles. The molecular weight excluding hydrogens is 775 g/mol. The molecule has 6 aromatic heterocycles. The number of nitrogens with zero attached hydrogens (tertiary/aromatic N) is 5. The predicted octanol–water partition coefficient (Wildman–Crippen LogP) is 15.0. The summed E-state index contributed by atoms with van der Waals surface area (Å²) >= 11 is 1.74. The minimum Gasteiger partial charge on any atom is -0.309 e. The van der Waals surface area contributed by atoms with Crippen molar-refractivity contribution < 1.29 is 0 Å². The van der Waals surface area contributed by atoms with Gasteiger partial charge in [-0.3, -0.25) is 4.57 Å². The molecule has 0 fully saturated rings. The first-order valence-electron chi connectivity index (χ1n) is 21.1. The van der Waals surface area contributed by atoms with Crippen LogP contribution in [0.15, 0.2) is 188 Å². The third-order valence-corrected chi connectivity index (χ3v) is 14.4. The van der Waals surface area contributed by atoms with E-state index in [4.69, 9.17) is 9.97 Å². The summed E-state index contributed by atoms with van der Waals surface area (Å²) in [5.74, 6) is 0.671. The summed E-state index contributed by atoms with van der Waals surface area (Å²) in [6.45, 7) is 0. The summed E-state index contributed by atoms with van der Waals surface area (Å²) in [6.07, 6.45) is 0. The van der Waals surface area contributed by atoms with Gasteiger partial charge in [-0.1, -0.05) is 133 Å². The largest absolute Gasteiger partial charge is 0.309 e. The van der Waals surface area contributed by atoms with Crippen LogP contribution in [-0.2, 0) is 0 Å². The number of aromatic nitrogens is 5. The van der Waals surface area contributed by atoms with Crippen molar-refractivity contribution in [2.75, 3.05) is 0 Å². The molecule has 0 aliphatic rings. The number of benzene rings is 9.